The second-order valence-electron chi connectivity index (χ2n) is 5.67. The Morgan fingerprint density at radius 1 is 1.08 bits per heavy atom. The first-order valence-corrected chi connectivity index (χ1v) is 9.52. The zero-order valence-corrected chi connectivity index (χ0v) is 14.9. The average molecular weight is 379 g/mol. The SMILES string of the molecule is CCC(Nc1ccc([N+](=O)[O-])c(S(C)(=O)=O)c1)c1cccc([N+](=O)[O-])c1. The third kappa shape index (κ3) is 4.33. The molecule has 0 saturated carbocycles. The Hall–Kier alpha value is -3.01. The minimum Gasteiger partial charge on any atom is -0.378 e. The Morgan fingerprint density at radius 3 is 2.31 bits per heavy atom. The molecule has 0 radical (unpaired) electrons. The number of benzene rings is 2. The summed E-state index contributed by atoms with van der Waals surface area (Å²) in [6.45, 7) is 1.86. The van der Waals surface area contributed by atoms with Crippen LogP contribution in [0.1, 0.15) is 24.9 Å². The third-order valence-electron chi connectivity index (χ3n) is 3.79. The quantitative estimate of drug-likeness (QED) is 0.575. The van der Waals surface area contributed by atoms with Crippen molar-refractivity contribution in [1.82, 2.24) is 0 Å². The molecule has 0 aromatic heterocycles. The van der Waals surface area contributed by atoms with Gasteiger partial charge in [-0.3, -0.25) is 20.2 Å². The van der Waals surface area contributed by atoms with Gasteiger partial charge < -0.3 is 5.32 Å². The molecule has 2 rings (SSSR count). The van der Waals surface area contributed by atoms with Gasteiger partial charge in [-0.1, -0.05) is 19.1 Å². The maximum Gasteiger partial charge on any atom is 0.288 e. The zero-order valence-electron chi connectivity index (χ0n) is 14.1. The fourth-order valence-corrected chi connectivity index (χ4v) is 3.39. The van der Waals surface area contributed by atoms with Gasteiger partial charge in [0.05, 0.1) is 15.9 Å². The number of hydrogen-bond acceptors (Lipinski definition) is 7. The number of rotatable bonds is 7. The van der Waals surface area contributed by atoms with Crippen molar-refractivity contribution in [2.24, 2.45) is 0 Å². The van der Waals surface area contributed by atoms with E-state index in [4.69, 9.17) is 0 Å². The Labute approximate surface area is 149 Å². The van der Waals surface area contributed by atoms with Crippen molar-refractivity contribution in [3.8, 4) is 0 Å². The highest BCUT2D eigenvalue weighted by molar-refractivity contribution is 7.90. The van der Waals surface area contributed by atoms with E-state index in [0.717, 1.165) is 12.3 Å². The van der Waals surface area contributed by atoms with Gasteiger partial charge in [0.15, 0.2) is 9.84 Å². The fraction of sp³-hybridized carbons (Fsp3) is 0.250. The van der Waals surface area contributed by atoms with Crippen molar-refractivity contribution in [3.05, 3.63) is 68.3 Å². The Balaban J connectivity index is 2.41. The highest BCUT2D eigenvalue weighted by Gasteiger charge is 2.23. The number of nitro groups is 2. The lowest BCUT2D eigenvalue weighted by Gasteiger charge is -2.19. The zero-order chi connectivity index (χ0) is 19.5. The molecule has 0 aliphatic rings. The van der Waals surface area contributed by atoms with Gasteiger partial charge in [-0.25, -0.2) is 8.42 Å². The van der Waals surface area contributed by atoms with E-state index in [1.807, 2.05) is 6.92 Å². The predicted molar refractivity (Wildman–Crippen MR) is 96.0 cm³/mol. The van der Waals surface area contributed by atoms with Crippen LogP contribution in [0.25, 0.3) is 0 Å². The summed E-state index contributed by atoms with van der Waals surface area (Å²) < 4.78 is 23.7. The first kappa shape index (κ1) is 19.3. The second kappa shape index (κ2) is 7.48. The number of anilines is 1. The van der Waals surface area contributed by atoms with Gasteiger partial charge in [-0.2, -0.15) is 0 Å². The van der Waals surface area contributed by atoms with E-state index in [0.29, 0.717) is 17.7 Å². The maximum atomic E-state index is 11.8. The van der Waals surface area contributed by atoms with Crippen LogP contribution in [0.2, 0.25) is 0 Å². The number of hydrogen-bond donors (Lipinski definition) is 1. The normalized spacial score (nSPS) is 12.4. The van der Waals surface area contributed by atoms with E-state index in [1.54, 1.807) is 12.1 Å². The molecule has 1 N–H and O–H groups in total. The van der Waals surface area contributed by atoms with Crippen molar-refractivity contribution in [2.75, 3.05) is 11.6 Å². The summed E-state index contributed by atoms with van der Waals surface area (Å²) in [7, 11) is -3.80. The topological polar surface area (TPSA) is 132 Å². The smallest absolute Gasteiger partial charge is 0.288 e. The van der Waals surface area contributed by atoms with Crippen molar-refractivity contribution < 1.29 is 18.3 Å². The molecule has 0 fully saturated rings. The molecule has 9 nitrogen and oxygen atoms in total. The van der Waals surface area contributed by atoms with E-state index < -0.39 is 25.4 Å². The lowest BCUT2D eigenvalue weighted by Crippen LogP contribution is -2.11. The molecule has 1 atom stereocenters. The molecule has 138 valence electrons. The minimum absolute atomic E-state index is 0.0525. The monoisotopic (exact) mass is 379 g/mol. The van der Waals surface area contributed by atoms with Crippen LogP contribution in [-0.4, -0.2) is 24.5 Å². The summed E-state index contributed by atoms with van der Waals surface area (Å²) in [5.74, 6) is 0. The highest BCUT2D eigenvalue weighted by atomic mass is 32.2. The Kier molecular flexibility index (Phi) is 5.56. The molecule has 1 unspecified atom stereocenters. The van der Waals surface area contributed by atoms with Crippen molar-refractivity contribution >= 4 is 26.9 Å². The highest BCUT2D eigenvalue weighted by Crippen LogP contribution is 2.30. The number of nitro benzene ring substituents is 2. The van der Waals surface area contributed by atoms with E-state index in [2.05, 4.69) is 5.32 Å². The molecule has 10 heteroatoms. The minimum atomic E-state index is -3.80. The summed E-state index contributed by atoms with van der Waals surface area (Å²) in [4.78, 5) is 20.3. The molecular weight excluding hydrogens is 362 g/mol. The van der Waals surface area contributed by atoms with Gasteiger partial charge in [0.2, 0.25) is 0 Å². The second-order valence-corrected chi connectivity index (χ2v) is 7.65. The molecule has 0 aliphatic heterocycles. The van der Waals surface area contributed by atoms with Gasteiger partial charge >= 0.3 is 0 Å². The number of nitrogens with one attached hydrogen (secondary N) is 1. The van der Waals surface area contributed by atoms with Gasteiger partial charge in [-0.15, -0.1) is 0 Å². The average Bonchev–Trinajstić information content (AvgIpc) is 2.58. The van der Waals surface area contributed by atoms with Gasteiger partial charge in [0, 0.05) is 30.1 Å². The summed E-state index contributed by atoms with van der Waals surface area (Å²) in [5, 5.41) is 25.1. The van der Waals surface area contributed by atoms with Crippen molar-refractivity contribution in [3.63, 3.8) is 0 Å². The molecule has 0 saturated heterocycles. The lowest BCUT2D eigenvalue weighted by molar-refractivity contribution is -0.387. The molecule has 0 heterocycles. The van der Waals surface area contributed by atoms with E-state index in [9.17, 15) is 28.6 Å². The Morgan fingerprint density at radius 2 is 1.77 bits per heavy atom. The number of sulfone groups is 1. The van der Waals surface area contributed by atoms with Gasteiger partial charge in [0.1, 0.15) is 4.90 Å². The summed E-state index contributed by atoms with van der Waals surface area (Å²) in [6, 6.07) is 9.50. The molecule has 26 heavy (non-hydrogen) atoms. The first-order chi connectivity index (χ1) is 12.1. The third-order valence-corrected chi connectivity index (χ3v) is 4.91. The standard InChI is InChI=1S/C16H17N3O6S/c1-3-14(11-5-4-6-13(9-11)18(20)21)17-12-7-8-15(19(22)23)16(10-12)26(2,24)25/h4-10,14,17H,3H2,1-2H3. The molecular formula is C16H17N3O6S. The molecule has 0 amide bonds. The maximum absolute atomic E-state index is 11.8. The van der Waals surface area contributed by atoms with Crippen LogP contribution in [-0.2, 0) is 9.84 Å². The van der Waals surface area contributed by atoms with Crippen molar-refractivity contribution in [2.45, 2.75) is 24.3 Å². The molecule has 0 spiro atoms. The number of nitrogens with zero attached hydrogens (tertiary/aromatic N) is 2. The fourth-order valence-electron chi connectivity index (χ4n) is 2.53. The van der Waals surface area contributed by atoms with E-state index in [1.165, 1.54) is 24.3 Å². The molecule has 0 aliphatic carbocycles. The van der Waals surface area contributed by atoms with Crippen LogP contribution in [0.15, 0.2) is 47.4 Å². The largest absolute Gasteiger partial charge is 0.378 e. The van der Waals surface area contributed by atoms with E-state index in [-0.39, 0.29) is 16.6 Å². The van der Waals surface area contributed by atoms with Crippen LogP contribution >= 0.6 is 0 Å². The van der Waals surface area contributed by atoms with E-state index >= 15 is 0 Å². The Bertz CT molecular complexity index is 958. The lowest BCUT2D eigenvalue weighted by atomic mass is 10.0. The van der Waals surface area contributed by atoms with Crippen molar-refractivity contribution in [1.29, 1.82) is 0 Å². The summed E-state index contributed by atoms with van der Waals surface area (Å²) in [5.41, 5.74) is 0.472. The van der Waals surface area contributed by atoms with Gasteiger partial charge in [0.25, 0.3) is 11.4 Å². The summed E-state index contributed by atoms with van der Waals surface area (Å²) in [6.07, 6.45) is 1.46. The predicted octanol–water partition coefficient (Wildman–Crippen LogP) is 3.47. The van der Waals surface area contributed by atoms with Gasteiger partial charge in [-0.05, 0) is 24.1 Å². The molecule has 0 bridgehead atoms. The van der Waals surface area contributed by atoms with Crippen LogP contribution in [0.4, 0.5) is 17.1 Å². The molecule has 2 aromatic rings. The number of non-ortho nitro benzene ring substituents is 1. The van der Waals surface area contributed by atoms with Crippen LogP contribution in [0.3, 0.4) is 0 Å². The molecule has 2 aromatic carbocycles. The van der Waals surface area contributed by atoms with Crippen LogP contribution < -0.4 is 5.32 Å². The first-order valence-electron chi connectivity index (χ1n) is 7.63. The summed E-state index contributed by atoms with van der Waals surface area (Å²) >= 11 is 0. The van der Waals surface area contributed by atoms with Crippen LogP contribution in [0, 0.1) is 20.2 Å². The van der Waals surface area contributed by atoms with Crippen LogP contribution in [0.5, 0.6) is 0 Å².